The number of hydrogen-bond donors (Lipinski definition) is 0. The maximum atomic E-state index is 6.13. The Morgan fingerprint density at radius 1 is 1.05 bits per heavy atom. The van der Waals surface area contributed by atoms with Crippen LogP contribution in [0, 0.1) is 0 Å². The Hall–Kier alpha value is -0.943. The van der Waals surface area contributed by atoms with Crippen molar-refractivity contribution >= 4 is 14.9 Å². The normalized spacial score (nSPS) is 11.6. The van der Waals surface area contributed by atoms with Gasteiger partial charge in [0.15, 0.2) is 0 Å². The molecule has 0 aliphatic rings. The lowest BCUT2D eigenvalue weighted by atomic mass is 10.1. The lowest BCUT2D eigenvalue weighted by molar-refractivity contribution is 0.0610. The van der Waals surface area contributed by atoms with E-state index in [0.717, 1.165) is 23.6 Å². The van der Waals surface area contributed by atoms with Gasteiger partial charge in [0.05, 0.1) is 6.61 Å². The molecule has 0 N–H and O–H groups in total. The molecule has 0 amide bonds. The summed E-state index contributed by atoms with van der Waals surface area (Å²) in [4.78, 5) is 0. The Morgan fingerprint density at radius 2 is 1.70 bits per heavy atom. The molecule has 20 heavy (non-hydrogen) atoms. The fraction of sp³-hybridized carbons (Fsp3) is 0.500. The van der Waals surface area contributed by atoms with Crippen molar-refractivity contribution in [3.05, 3.63) is 42.0 Å². The number of hydrogen-bond acceptors (Lipinski definition) is 3. The minimum Gasteiger partial charge on any atom is -0.374 e. The molecule has 0 heterocycles. The van der Waals surface area contributed by atoms with Crippen molar-refractivity contribution in [3.8, 4) is 0 Å². The van der Waals surface area contributed by atoms with Crippen LogP contribution in [0.1, 0.15) is 38.3 Å². The van der Waals surface area contributed by atoms with Gasteiger partial charge in [0, 0.05) is 19.3 Å². The fourth-order valence-corrected chi connectivity index (χ4v) is 4.69. The van der Waals surface area contributed by atoms with Gasteiger partial charge in [-0.2, -0.15) is 0 Å². The second kappa shape index (κ2) is 9.08. The number of benzene rings is 1. The minimum atomic E-state index is -2.55. The van der Waals surface area contributed by atoms with Gasteiger partial charge in [-0.15, -0.1) is 0 Å². The topological polar surface area (TPSA) is 27.7 Å². The molecule has 0 radical (unpaired) electrons. The first kappa shape index (κ1) is 17.1. The van der Waals surface area contributed by atoms with Crippen LogP contribution in [0.15, 0.2) is 30.8 Å². The highest BCUT2D eigenvalue weighted by atomic mass is 28.4. The summed E-state index contributed by atoms with van der Waals surface area (Å²) in [5.41, 5.74) is 2.22. The van der Waals surface area contributed by atoms with Crippen molar-refractivity contribution in [3.63, 3.8) is 0 Å². The predicted octanol–water partition coefficient (Wildman–Crippen LogP) is 4.27. The molecule has 3 nitrogen and oxygen atoms in total. The summed E-state index contributed by atoms with van der Waals surface area (Å²) in [6, 6.07) is 8.96. The summed E-state index contributed by atoms with van der Waals surface area (Å²) >= 11 is 0. The van der Waals surface area contributed by atoms with Gasteiger partial charge in [-0.3, -0.25) is 0 Å². The summed E-state index contributed by atoms with van der Waals surface area (Å²) in [7, 11) is -2.55. The molecule has 0 bridgehead atoms. The maximum absolute atomic E-state index is 6.13. The Morgan fingerprint density at radius 3 is 2.25 bits per heavy atom. The molecular formula is C16H26O3Si. The van der Waals surface area contributed by atoms with Crippen LogP contribution in [-0.2, 0) is 19.9 Å². The Balaban J connectivity index is 2.81. The molecular weight excluding hydrogens is 268 g/mol. The van der Waals surface area contributed by atoms with Gasteiger partial charge < -0.3 is 13.3 Å². The van der Waals surface area contributed by atoms with E-state index in [-0.39, 0.29) is 0 Å². The molecule has 0 spiro atoms. The first-order valence-corrected chi connectivity index (χ1v) is 9.26. The largest absolute Gasteiger partial charge is 0.501 e. The summed E-state index contributed by atoms with van der Waals surface area (Å²) in [6.45, 7) is 11.7. The zero-order valence-electron chi connectivity index (χ0n) is 12.9. The van der Waals surface area contributed by atoms with E-state index in [0.29, 0.717) is 19.8 Å². The minimum absolute atomic E-state index is 0.508. The van der Waals surface area contributed by atoms with Crippen LogP contribution in [0.4, 0.5) is 0 Å². The molecule has 1 aromatic carbocycles. The lowest BCUT2D eigenvalue weighted by Gasteiger charge is -2.28. The van der Waals surface area contributed by atoms with Gasteiger partial charge in [-0.1, -0.05) is 50.3 Å². The average molecular weight is 294 g/mol. The fourth-order valence-electron chi connectivity index (χ4n) is 2.14. The van der Waals surface area contributed by atoms with Crippen molar-refractivity contribution in [1.82, 2.24) is 0 Å². The van der Waals surface area contributed by atoms with Crippen molar-refractivity contribution < 1.29 is 13.3 Å². The van der Waals surface area contributed by atoms with E-state index >= 15 is 0 Å². The average Bonchev–Trinajstić information content (AvgIpc) is 2.46. The Labute approximate surface area is 123 Å². The van der Waals surface area contributed by atoms with Crippen LogP contribution < -0.4 is 0 Å². The van der Waals surface area contributed by atoms with Gasteiger partial charge in [0.25, 0.3) is 0 Å². The van der Waals surface area contributed by atoms with E-state index in [9.17, 15) is 0 Å². The van der Waals surface area contributed by atoms with E-state index < -0.39 is 8.80 Å². The second-order valence-corrected chi connectivity index (χ2v) is 7.22. The first-order valence-electron chi connectivity index (χ1n) is 7.33. The molecule has 0 aliphatic carbocycles. The summed E-state index contributed by atoms with van der Waals surface area (Å²) in [5.74, 6) is 0. The van der Waals surface area contributed by atoms with Gasteiger partial charge in [-0.05, 0) is 25.0 Å². The third-order valence-corrected chi connectivity index (χ3v) is 6.16. The molecule has 1 rings (SSSR count). The van der Waals surface area contributed by atoms with E-state index in [4.69, 9.17) is 13.3 Å². The second-order valence-electron chi connectivity index (χ2n) is 4.49. The van der Waals surface area contributed by atoms with Crippen LogP contribution in [0.3, 0.4) is 0 Å². The molecule has 112 valence electrons. The molecule has 0 aromatic heterocycles. The lowest BCUT2D eigenvalue weighted by Crippen LogP contribution is -2.45. The zero-order valence-corrected chi connectivity index (χ0v) is 13.9. The molecule has 0 unspecified atom stereocenters. The molecule has 0 atom stereocenters. The molecule has 0 saturated carbocycles. The molecule has 1 aromatic rings. The Bertz CT molecular complexity index is 389. The van der Waals surface area contributed by atoms with Crippen molar-refractivity contribution in [2.75, 3.05) is 13.2 Å². The summed E-state index contributed by atoms with van der Waals surface area (Å²) < 4.78 is 17.9. The van der Waals surface area contributed by atoms with Crippen LogP contribution in [-0.4, -0.2) is 22.0 Å². The highest BCUT2D eigenvalue weighted by molar-refractivity contribution is 6.60. The smallest absolute Gasteiger partial charge is 0.374 e. The van der Waals surface area contributed by atoms with Crippen LogP contribution in [0.2, 0.25) is 6.04 Å². The Kier molecular flexibility index (Phi) is 7.77. The molecule has 0 fully saturated rings. The van der Waals surface area contributed by atoms with Crippen molar-refractivity contribution in [2.45, 2.75) is 39.8 Å². The van der Waals surface area contributed by atoms with Gasteiger partial charge >= 0.3 is 8.80 Å². The summed E-state index contributed by atoms with van der Waals surface area (Å²) in [6.07, 6.45) is 2.85. The van der Waals surface area contributed by atoms with E-state index in [1.165, 1.54) is 0 Å². The highest BCUT2D eigenvalue weighted by Crippen LogP contribution is 2.21. The van der Waals surface area contributed by atoms with Crippen molar-refractivity contribution in [1.29, 1.82) is 0 Å². The third kappa shape index (κ3) is 4.87. The predicted molar refractivity (Wildman–Crippen MR) is 85.4 cm³/mol. The SMILES string of the molecule is C=Cc1ccccc1CO[Si](CCC)(OCC)OCC. The van der Waals surface area contributed by atoms with E-state index in [2.05, 4.69) is 19.6 Å². The zero-order chi connectivity index (χ0) is 14.8. The van der Waals surface area contributed by atoms with Crippen LogP contribution in [0.25, 0.3) is 6.08 Å². The van der Waals surface area contributed by atoms with Crippen molar-refractivity contribution in [2.24, 2.45) is 0 Å². The quantitative estimate of drug-likeness (QED) is 0.603. The van der Waals surface area contributed by atoms with Crippen LogP contribution >= 0.6 is 0 Å². The van der Waals surface area contributed by atoms with Crippen LogP contribution in [0.5, 0.6) is 0 Å². The first-order chi connectivity index (χ1) is 9.71. The van der Waals surface area contributed by atoms with E-state index in [1.807, 2.05) is 38.1 Å². The highest BCUT2D eigenvalue weighted by Gasteiger charge is 2.39. The van der Waals surface area contributed by atoms with E-state index in [1.54, 1.807) is 0 Å². The standard InChI is InChI=1S/C16H26O3Si/c1-5-13-20(17-7-3,18-8-4)19-14-16-12-10-9-11-15(16)6-2/h6,9-12H,2,5,7-8,13-14H2,1,3-4H3. The molecule has 4 heteroatoms. The molecule has 0 aliphatic heterocycles. The summed E-state index contributed by atoms with van der Waals surface area (Å²) in [5, 5.41) is 0. The van der Waals surface area contributed by atoms with Gasteiger partial charge in [0.1, 0.15) is 0 Å². The maximum Gasteiger partial charge on any atom is 0.501 e. The van der Waals surface area contributed by atoms with Gasteiger partial charge in [0.2, 0.25) is 0 Å². The molecule has 0 saturated heterocycles. The van der Waals surface area contributed by atoms with Gasteiger partial charge in [-0.25, -0.2) is 0 Å². The number of rotatable bonds is 10. The third-order valence-electron chi connectivity index (χ3n) is 3.01. The monoisotopic (exact) mass is 294 g/mol.